The maximum atomic E-state index is 2.62. The van der Waals surface area contributed by atoms with Crippen LogP contribution in [0.1, 0.15) is 59.8 Å². The zero-order chi connectivity index (χ0) is 14.7. The van der Waals surface area contributed by atoms with Crippen molar-refractivity contribution in [3.05, 3.63) is 0 Å². The Balaban J connectivity index is 3.57. The predicted molar refractivity (Wildman–Crippen MR) is 87.8 cm³/mol. The molecule has 0 aliphatic rings. The van der Waals surface area contributed by atoms with Gasteiger partial charge in [-0.05, 0) is 84.2 Å². The third kappa shape index (κ3) is 12.7. The molecule has 0 aliphatic carbocycles. The third-order valence-electron chi connectivity index (χ3n) is 3.94. The summed E-state index contributed by atoms with van der Waals surface area (Å²) in [5.74, 6) is 1.72. The molecule has 1 unspecified atom stereocenters. The predicted octanol–water partition coefficient (Wildman–Crippen LogP) is 4.11. The molecule has 1 atom stereocenters. The second kappa shape index (κ2) is 11.7. The highest BCUT2D eigenvalue weighted by Crippen LogP contribution is 2.13. The maximum absolute atomic E-state index is 2.62. The van der Waals surface area contributed by atoms with Crippen LogP contribution in [0.2, 0.25) is 0 Å². The minimum Gasteiger partial charge on any atom is -0.309 e. The number of hydrogen-bond acceptors (Lipinski definition) is 2. The fraction of sp³-hybridized carbons (Fsp3) is 1.00. The average molecular weight is 271 g/mol. The van der Waals surface area contributed by atoms with Crippen LogP contribution in [0, 0.1) is 11.8 Å². The van der Waals surface area contributed by atoms with Gasteiger partial charge in [-0.15, -0.1) is 0 Å². The van der Waals surface area contributed by atoms with Crippen LogP contribution < -0.4 is 0 Å². The van der Waals surface area contributed by atoms with Gasteiger partial charge in [-0.3, -0.25) is 0 Å². The van der Waals surface area contributed by atoms with Gasteiger partial charge in [0, 0.05) is 0 Å². The van der Waals surface area contributed by atoms with Crippen molar-refractivity contribution in [2.75, 3.05) is 40.3 Å². The lowest BCUT2D eigenvalue weighted by atomic mass is 9.99. The minimum absolute atomic E-state index is 0.832. The van der Waals surface area contributed by atoms with Gasteiger partial charge in [0.15, 0.2) is 0 Å². The van der Waals surface area contributed by atoms with Crippen molar-refractivity contribution >= 4 is 0 Å². The quantitative estimate of drug-likeness (QED) is 0.526. The molecule has 2 nitrogen and oxygen atoms in total. The second-order valence-corrected chi connectivity index (χ2v) is 6.81. The van der Waals surface area contributed by atoms with Crippen LogP contribution >= 0.6 is 0 Å². The van der Waals surface area contributed by atoms with Crippen molar-refractivity contribution in [2.45, 2.75) is 59.8 Å². The van der Waals surface area contributed by atoms with E-state index in [1.165, 1.54) is 58.3 Å². The van der Waals surface area contributed by atoms with Gasteiger partial charge in [0.1, 0.15) is 0 Å². The molecule has 0 saturated heterocycles. The lowest BCUT2D eigenvalue weighted by Crippen LogP contribution is -2.26. The first-order chi connectivity index (χ1) is 8.95. The van der Waals surface area contributed by atoms with Gasteiger partial charge in [-0.25, -0.2) is 0 Å². The summed E-state index contributed by atoms with van der Waals surface area (Å²) in [4.78, 5) is 4.91. The van der Waals surface area contributed by atoms with Crippen LogP contribution in [0.4, 0.5) is 0 Å². The number of rotatable bonds is 12. The molecule has 0 spiro atoms. The van der Waals surface area contributed by atoms with Crippen LogP contribution in [-0.2, 0) is 0 Å². The highest BCUT2D eigenvalue weighted by molar-refractivity contribution is 4.61. The molecule has 0 amide bonds. The SMILES string of the molecule is CCN(CCCC(C)CCCN(C)C)CCC(C)C. The van der Waals surface area contributed by atoms with Gasteiger partial charge >= 0.3 is 0 Å². The van der Waals surface area contributed by atoms with Crippen LogP contribution in [0.3, 0.4) is 0 Å². The van der Waals surface area contributed by atoms with E-state index in [2.05, 4.69) is 51.6 Å². The Kier molecular flexibility index (Phi) is 11.7. The highest BCUT2D eigenvalue weighted by Gasteiger charge is 2.06. The van der Waals surface area contributed by atoms with E-state index < -0.39 is 0 Å². The van der Waals surface area contributed by atoms with Gasteiger partial charge in [-0.1, -0.05) is 27.7 Å². The number of nitrogens with zero attached hydrogens (tertiary/aromatic N) is 2. The zero-order valence-electron chi connectivity index (χ0n) is 14.4. The fourth-order valence-electron chi connectivity index (χ4n) is 2.43. The van der Waals surface area contributed by atoms with Crippen LogP contribution in [0.15, 0.2) is 0 Å². The Morgan fingerprint density at radius 1 is 0.789 bits per heavy atom. The smallest absolute Gasteiger partial charge is 0.00164 e. The number of hydrogen-bond donors (Lipinski definition) is 0. The van der Waals surface area contributed by atoms with E-state index in [9.17, 15) is 0 Å². The normalized spacial score (nSPS) is 13.7. The van der Waals surface area contributed by atoms with Gasteiger partial charge in [0.05, 0.1) is 0 Å². The second-order valence-electron chi connectivity index (χ2n) is 6.81. The van der Waals surface area contributed by atoms with Gasteiger partial charge in [0.25, 0.3) is 0 Å². The van der Waals surface area contributed by atoms with Crippen LogP contribution in [-0.4, -0.2) is 50.1 Å². The molecular weight excluding hydrogens is 232 g/mol. The Morgan fingerprint density at radius 3 is 1.84 bits per heavy atom. The summed E-state index contributed by atoms with van der Waals surface area (Å²) in [6.07, 6.45) is 6.84. The molecule has 0 aliphatic heterocycles. The maximum Gasteiger partial charge on any atom is -0.00164 e. The summed E-state index contributed by atoms with van der Waals surface area (Å²) in [6.45, 7) is 14.4. The molecule has 0 N–H and O–H groups in total. The Hall–Kier alpha value is -0.0800. The Labute approximate surface area is 122 Å². The molecule has 2 heteroatoms. The summed E-state index contributed by atoms with van der Waals surface area (Å²) < 4.78 is 0. The van der Waals surface area contributed by atoms with Crippen molar-refractivity contribution in [3.8, 4) is 0 Å². The molecule has 0 bridgehead atoms. The molecule has 0 rings (SSSR count). The molecular formula is C17H38N2. The summed E-state index contributed by atoms with van der Waals surface area (Å²) >= 11 is 0. The van der Waals surface area contributed by atoms with E-state index >= 15 is 0 Å². The Bertz CT molecular complexity index is 190. The molecule has 0 saturated carbocycles. The van der Waals surface area contributed by atoms with Gasteiger partial charge in [-0.2, -0.15) is 0 Å². The highest BCUT2D eigenvalue weighted by atomic mass is 15.1. The summed E-state index contributed by atoms with van der Waals surface area (Å²) in [5, 5.41) is 0. The van der Waals surface area contributed by atoms with Gasteiger partial charge < -0.3 is 9.80 Å². The summed E-state index contributed by atoms with van der Waals surface area (Å²) in [6, 6.07) is 0. The van der Waals surface area contributed by atoms with E-state index in [1.54, 1.807) is 0 Å². The summed E-state index contributed by atoms with van der Waals surface area (Å²) in [7, 11) is 4.33. The van der Waals surface area contributed by atoms with Crippen molar-refractivity contribution in [3.63, 3.8) is 0 Å². The van der Waals surface area contributed by atoms with E-state index in [0.717, 1.165) is 11.8 Å². The van der Waals surface area contributed by atoms with E-state index in [-0.39, 0.29) is 0 Å². The van der Waals surface area contributed by atoms with Crippen molar-refractivity contribution in [1.29, 1.82) is 0 Å². The molecule has 0 heterocycles. The molecule has 116 valence electrons. The lowest BCUT2D eigenvalue weighted by Gasteiger charge is -2.22. The van der Waals surface area contributed by atoms with E-state index in [4.69, 9.17) is 0 Å². The van der Waals surface area contributed by atoms with Crippen molar-refractivity contribution in [2.24, 2.45) is 11.8 Å². The molecule has 0 fully saturated rings. The van der Waals surface area contributed by atoms with E-state index in [0.29, 0.717) is 0 Å². The third-order valence-corrected chi connectivity index (χ3v) is 3.94. The standard InChI is InChI=1S/C17H38N2/c1-7-19(15-12-16(2)3)14-9-11-17(4)10-8-13-18(5)6/h16-17H,7-15H2,1-6H3. The van der Waals surface area contributed by atoms with Crippen molar-refractivity contribution < 1.29 is 0 Å². The monoisotopic (exact) mass is 270 g/mol. The van der Waals surface area contributed by atoms with Crippen LogP contribution in [0.5, 0.6) is 0 Å². The first-order valence-corrected chi connectivity index (χ1v) is 8.32. The largest absolute Gasteiger partial charge is 0.309 e. The molecule has 0 radical (unpaired) electrons. The molecule has 0 aromatic rings. The average Bonchev–Trinajstić information content (AvgIpc) is 2.32. The molecule has 19 heavy (non-hydrogen) atoms. The molecule has 0 aromatic heterocycles. The zero-order valence-corrected chi connectivity index (χ0v) is 14.4. The Morgan fingerprint density at radius 2 is 1.37 bits per heavy atom. The van der Waals surface area contributed by atoms with Crippen molar-refractivity contribution in [1.82, 2.24) is 9.80 Å². The van der Waals surface area contributed by atoms with Gasteiger partial charge in [0.2, 0.25) is 0 Å². The minimum atomic E-state index is 0.832. The summed E-state index contributed by atoms with van der Waals surface area (Å²) in [5.41, 5.74) is 0. The molecule has 0 aromatic carbocycles. The fourth-order valence-corrected chi connectivity index (χ4v) is 2.43. The first kappa shape index (κ1) is 18.9. The topological polar surface area (TPSA) is 6.48 Å². The first-order valence-electron chi connectivity index (χ1n) is 8.32. The van der Waals surface area contributed by atoms with Crippen LogP contribution in [0.25, 0.3) is 0 Å². The van der Waals surface area contributed by atoms with E-state index in [1.807, 2.05) is 0 Å². The lowest BCUT2D eigenvalue weighted by molar-refractivity contribution is 0.256.